The molecule has 2 aromatic rings. The second kappa shape index (κ2) is 7.17. The van der Waals surface area contributed by atoms with Gasteiger partial charge in [-0.15, -0.1) is 11.3 Å². The van der Waals surface area contributed by atoms with Gasteiger partial charge in [0, 0.05) is 6.54 Å². The van der Waals surface area contributed by atoms with Crippen LogP contribution in [0.15, 0.2) is 15.9 Å². The van der Waals surface area contributed by atoms with Crippen molar-refractivity contribution >= 4 is 55.7 Å². The third-order valence-corrected chi connectivity index (χ3v) is 5.44. The summed E-state index contributed by atoms with van der Waals surface area (Å²) in [5, 5.41) is 3.41. The van der Waals surface area contributed by atoms with Crippen molar-refractivity contribution in [3.63, 3.8) is 0 Å². The lowest BCUT2D eigenvalue weighted by atomic mass is 10.1. The van der Waals surface area contributed by atoms with E-state index in [-0.39, 0.29) is 0 Å². The molecule has 0 unspecified atom stereocenters. The van der Waals surface area contributed by atoms with Crippen LogP contribution in [0.1, 0.15) is 38.8 Å². The fourth-order valence-electron chi connectivity index (χ4n) is 1.75. The number of rotatable bonds is 5. The summed E-state index contributed by atoms with van der Waals surface area (Å²) < 4.78 is 2.23. The maximum atomic E-state index is 4.76. The number of hydrogen-bond donors (Lipinski definition) is 1. The van der Waals surface area contributed by atoms with Crippen molar-refractivity contribution in [1.29, 1.82) is 0 Å². The molecular formula is C14H17BrIN3S. The molecule has 0 fully saturated rings. The summed E-state index contributed by atoms with van der Waals surface area (Å²) in [6, 6.07) is 4.10. The molecule has 0 atom stereocenters. The Hall–Kier alpha value is -0.210. The van der Waals surface area contributed by atoms with Crippen LogP contribution in [0.4, 0.5) is 5.82 Å². The zero-order chi connectivity index (χ0) is 14.7. The van der Waals surface area contributed by atoms with Crippen LogP contribution in [0.25, 0.3) is 10.7 Å². The van der Waals surface area contributed by atoms with Gasteiger partial charge in [0.15, 0.2) is 5.82 Å². The van der Waals surface area contributed by atoms with E-state index in [1.54, 1.807) is 11.3 Å². The molecule has 2 aromatic heterocycles. The highest BCUT2D eigenvalue weighted by Gasteiger charge is 2.16. The molecule has 0 bridgehead atoms. The van der Waals surface area contributed by atoms with E-state index < -0.39 is 0 Å². The number of nitrogens with one attached hydrogen (secondary N) is 1. The van der Waals surface area contributed by atoms with Crippen molar-refractivity contribution in [3.05, 3.63) is 25.2 Å². The van der Waals surface area contributed by atoms with E-state index in [9.17, 15) is 0 Å². The van der Waals surface area contributed by atoms with Gasteiger partial charge < -0.3 is 5.32 Å². The lowest BCUT2D eigenvalue weighted by Gasteiger charge is -2.14. The van der Waals surface area contributed by atoms with Crippen LogP contribution in [-0.4, -0.2) is 16.5 Å². The minimum Gasteiger partial charge on any atom is -0.369 e. The van der Waals surface area contributed by atoms with Crippen LogP contribution in [-0.2, 0) is 0 Å². The molecule has 6 heteroatoms. The number of thiophene rings is 1. The largest absolute Gasteiger partial charge is 0.369 e. The monoisotopic (exact) mass is 465 g/mol. The first-order valence-corrected chi connectivity index (χ1v) is 9.28. The van der Waals surface area contributed by atoms with Gasteiger partial charge in [0.05, 0.1) is 17.9 Å². The van der Waals surface area contributed by atoms with E-state index in [0.717, 1.165) is 42.5 Å². The topological polar surface area (TPSA) is 37.8 Å². The molecule has 0 saturated heterocycles. The smallest absolute Gasteiger partial charge is 0.171 e. The summed E-state index contributed by atoms with van der Waals surface area (Å²) >= 11 is 7.50. The van der Waals surface area contributed by atoms with Crippen LogP contribution in [0.2, 0.25) is 0 Å². The maximum absolute atomic E-state index is 4.76. The Balaban J connectivity index is 2.49. The highest BCUT2D eigenvalue weighted by atomic mass is 127. The molecule has 0 spiro atoms. The summed E-state index contributed by atoms with van der Waals surface area (Å²) in [4.78, 5) is 10.5. The summed E-state index contributed by atoms with van der Waals surface area (Å²) in [7, 11) is 0. The number of anilines is 1. The molecule has 0 amide bonds. The molecule has 2 heterocycles. The SMILES string of the molecule is CCCNc1nc(-c2ccc(Br)s2)nc(C(C)C)c1I. The molecular weight excluding hydrogens is 449 g/mol. The second-order valence-corrected chi connectivity index (χ2v) is 8.32. The average molecular weight is 466 g/mol. The van der Waals surface area contributed by atoms with E-state index >= 15 is 0 Å². The van der Waals surface area contributed by atoms with Crippen molar-refractivity contribution < 1.29 is 0 Å². The fourth-order valence-corrected chi connectivity index (χ4v) is 4.13. The Bertz CT molecular complexity index is 598. The minimum atomic E-state index is 0.384. The predicted octanol–water partition coefficient (Wildman–Crippen LogP) is 5.52. The third-order valence-electron chi connectivity index (χ3n) is 2.76. The van der Waals surface area contributed by atoms with Gasteiger partial charge in [-0.1, -0.05) is 20.8 Å². The average Bonchev–Trinajstić information content (AvgIpc) is 2.84. The van der Waals surface area contributed by atoms with Crippen molar-refractivity contribution in [2.24, 2.45) is 0 Å². The van der Waals surface area contributed by atoms with Gasteiger partial charge >= 0.3 is 0 Å². The Kier molecular flexibility index (Phi) is 5.80. The van der Waals surface area contributed by atoms with Crippen molar-refractivity contribution in [2.75, 3.05) is 11.9 Å². The molecule has 0 radical (unpaired) electrons. The summed E-state index contributed by atoms with van der Waals surface area (Å²) in [6.07, 6.45) is 1.08. The lowest BCUT2D eigenvalue weighted by molar-refractivity contribution is 0.808. The third kappa shape index (κ3) is 3.71. The van der Waals surface area contributed by atoms with E-state index in [4.69, 9.17) is 9.97 Å². The number of aromatic nitrogens is 2. The molecule has 2 rings (SSSR count). The zero-order valence-corrected chi connectivity index (χ0v) is 16.3. The van der Waals surface area contributed by atoms with Gasteiger partial charge in [-0.3, -0.25) is 0 Å². The number of nitrogens with zero attached hydrogens (tertiary/aromatic N) is 2. The van der Waals surface area contributed by atoms with Gasteiger partial charge in [0.25, 0.3) is 0 Å². The van der Waals surface area contributed by atoms with Crippen molar-refractivity contribution in [2.45, 2.75) is 33.1 Å². The molecule has 3 nitrogen and oxygen atoms in total. The Morgan fingerprint density at radius 1 is 1.35 bits per heavy atom. The van der Waals surface area contributed by atoms with E-state index in [0.29, 0.717) is 5.92 Å². The van der Waals surface area contributed by atoms with E-state index in [1.807, 2.05) is 6.07 Å². The van der Waals surface area contributed by atoms with Gasteiger partial charge in [-0.2, -0.15) is 0 Å². The first-order chi connectivity index (χ1) is 9.52. The molecule has 1 N–H and O–H groups in total. The van der Waals surface area contributed by atoms with Crippen molar-refractivity contribution in [3.8, 4) is 10.7 Å². The first kappa shape index (κ1) is 16.2. The molecule has 0 aliphatic rings. The fraction of sp³-hybridized carbons (Fsp3) is 0.429. The normalized spacial score (nSPS) is 11.1. The van der Waals surface area contributed by atoms with Gasteiger partial charge in [0.1, 0.15) is 5.82 Å². The Morgan fingerprint density at radius 2 is 2.10 bits per heavy atom. The Morgan fingerprint density at radius 3 is 2.65 bits per heavy atom. The zero-order valence-electron chi connectivity index (χ0n) is 11.7. The molecule has 0 aliphatic heterocycles. The summed E-state index contributed by atoms with van der Waals surface area (Å²) in [5.74, 6) is 2.14. The maximum Gasteiger partial charge on any atom is 0.171 e. The highest BCUT2D eigenvalue weighted by Crippen LogP contribution is 2.33. The quantitative estimate of drug-likeness (QED) is 0.591. The minimum absolute atomic E-state index is 0.384. The van der Waals surface area contributed by atoms with Crippen LogP contribution >= 0.6 is 49.9 Å². The summed E-state index contributed by atoms with van der Waals surface area (Å²) in [6.45, 7) is 7.42. The van der Waals surface area contributed by atoms with Crippen LogP contribution in [0.5, 0.6) is 0 Å². The van der Waals surface area contributed by atoms with Gasteiger partial charge in [0.2, 0.25) is 0 Å². The number of halogens is 2. The molecule has 0 aromatic carbocycles. The van der Waals surface area contributed by atoms with Crippen molar-refractivity contribution in [1.82, 2.24) is 9.97 Å². The predicted molar refractivity (Wildman–Crippen MR) is 98.6 cm³/mol. The molecule has 0 aliphatic carbocycles. The standard InChI is InChI=1S/C14H17BrIN3S/c1-4-7-17-14-11(16)12(8(2)3)18-13(19-14)9-5-6-10(15)20-9/h5-6,8H,4,7H2,1-3H3,(H,17,18,19). The van der Waals surface area contributed by atoms with Crippen LogP contribution in [0, 0.1) is 3.57 Å². The highest BCUT2D eigenvalue weighted by molar-refractivity contribution is 14.1. The molecule has 108 valence electrons. The molecule has 0 saturated carbocycles. The Labute approximate surface area is 145 Å². The van der Waals surface area contributed by atoms with E-state index in [2.05, 4.69) is 70.7 Å². The van der Waals surface area contributed by atoms with Gasteiger partial charge in [-0.05, 0) is 63.0 Å². The van der Waals surface area contributed by atoms with Crippen LogP contribution < -0.4 is 5.32 Å². The van der Waals surface area contributed by atoms with E-state index in [1.165, 1.54) is 0 Å². The summed E-state index contributed by atoms with van der Waals surface area (Å²) in [5.41, 5.74) is 1.11. The second-order valence-electron chi connectivity index (χ2n) is 4.78. The van der Waals surface area contributed by atoms with Crippen LogP contribution in [0.3, 0.4) is 0 Å². The number of hydrogen-bond acceptors (Lipinski definition) is 4. The lowest BCUT2D eigenvalue weighted by Crippen LogP contribution is -2.09. The molecule has 20 heavy (non-hydrogen) atoms. The first-order valence-electron chi connectivity index (χ1n) is 6.60. The van der Waals surface area contributed by atoms with Gasteiger partial charge in [-0.25, -0.2) is 9.97 Å².